The van der Waals surface area contributed by atoms with E-state index >= 15 is 0 Å². The lowest BCUT2D eigenvalue weighted by atomic mass is 10.2. The molecule has 4 rings (SSSR count). The van der Waals surface area contributed by atoms with E-state index < -0.39 is 15.9 Å². The number of carbonyl (C=O) groups excluding carboxylic acids is 1. The number of ether oxygens (including phenoxy) is 1. The predicted molar refractivity (Wildman–Crippen MR) is 119 cm³/mol. The van der Waals surface area contributed by atoms with E-state index in [4.69, 9.17) is 20.8 Å². The molecule has 0 saturated carbocycles. The van der Waals surface area contributed by atoms with Crippen LogP contribution in [-0.4, -0.2) is 43.4 Å². The van der Waals surface area contributed by atoms with Gasteiger partial charge in [-0.05, 0) is 55.0 Å². The molecule has 8 heteroatoms. The van der Waals surface area contributed by atoms with Crippen LogP contribution in [0.5, 0.6) is 5.75 Å². The molecule has 162 valence electrons. The number of nitrogens with zero attached hydrogens (tertiary/aromatic N) is 1. The van der Waals surface area contributed by atoms with Crippen LogP contribution in [0.4, 0.5) is 0 Å². The fraction of sp³-hybridized carbons (Fsp3) is 0.261. The molecule has 0 radical (unpaired) electrons. The zero-order valence-corrected chi connectivity index (χ0v) is 18.3. The Morgan fingerprint density at radius 3 is 2.48 bits per heavy atom. The van der Waals surface area contributed by atoms with Crippen molar-refractivity contribution in [1.29, 1.82) is 0 Å². The molecule has 0 N–H and O–H groups in total. The van der Waals surface area contributed by atoms with Crippen LogP contribution >= 0.6 is 11.6 Å². The summed E-state index contributed by atoms with van der Waals surface area (Å²) in [6.45, 7) is -0.00390. The molecule has 2 aromatic carbocycles. The molecule has 2 heterocycles. The second-order valence-corrected chi connectivity index (χ2v) is 10.1. The van der Waals surface area contributed by atoms with Gasteiger partial charge in [0.1, 0.15) is 17.3 Å². The number of amides is 1. The molecule has 1 aromatic heterocycles. The Hall–Kier alpha value is -2.77. The quantitative estimate of drug-likeness (QED) is 0.529. The summed E-state index contributed by atoms with van der Waals surface area (Å²) in [5.74, 6) is 1.55. The SMILES string of the molecule is O=C(COc1ccccc1)N(Cc1ccc(-c2ccc(Cl)cc2)o1)[C@@H]1CCS(=O)(=O)C1. The number of sulfone groups is 1. The largest absolute Gasteiger partial charge is 0.484 e. The van der Waals surface area contributed by atoms with Gasteiger partial charge in [0.2, 0.25) is 0 Å². The Morgan fingerprint density at radius 2 is 1.81 bits per heavy atom. The molecule has 0 bridgehead atoms. The van der Waals surface area contributed by atoms with Crippen molar-refractivity contribution in [1.82, 2.24) is 4.90 Å². The third-order valence-corrected chi connectivity index (χ3v) is 7.19. The topological polar surface area (TPSA) is 76.8 Å². The van der Waals surface area contributed by atoms with Crippen LogP contribution < -0.4 is 4.74 Å². The smallest absolute Gasteiger partial charge is 0.261 e. The van der Waals surface area contributed by atoms with Gasteiger partial charge in [-0.1, -0.05) is 29.8 Å². The van der Waals surface area contributed by atoms with E-state index in [-0.39, 0.29) is 30.6 Å². The molecule has 1 atom stereocenters. The highest BCUT2D eigenvalue weighted by Gasteiger charge is 2.35. The molecule has 1 saturated heterocycles. The molecule has 1 aliphatic rings. The van der Waals surface area contributed by atoms with Crippen molar-refractivity contribution in [2.24, 2.45) is 0 Å². The standard InChI is InChI=1S/C23H22ClNO5S/c24-18-8-6-17(7-9-18)22-11-10-21(30-22)14-25(19-12-13-31(27,28)16-19)23(26)15-29-20-4-2-1-3-5-20/h1-11,19H,12-16H2/t19-/m1/s1. The third-order valence-electron chi connectivity index (χ3n) is 5.19. The van der Waals surface area contributed by atoms with E-state index in [9.17, 15) is 13.2 Å². The fourth-order valence-electron chi connectivity index (χ4n) is 3.59. The first kappa shape index (κ1) is 21.5. The van der Waals surface area contributed by atoms with E-state index in [1.54, 1.807) is 35.2 Å². The number of rotatable bonds is 7. The van der Waals surface area contributed by atoms with Gasteiger partial charge in [0.05, 0.1) is 18.1 Å². The maximum atomic E-state index is 13.0. The molecule has 3 aromatic rings. The first-order valence-electron chi connectivity index (χ1n) is 9.92. The monoisotopic (exact) mass is 459 g/mol. The summed E-state index contributed by atoms with van der Waals surface area (Å²) in [4.78, 5) is 14.5. The van der Waals surface area contributed by atoms with Gasteiger partial charge < -0.3 is 14.1 Å². The average molecular weight is 460 g/mol. The third kappa shape index (κ3) is 5.48. The van der Waals surface area contributed by atoms with Crippen molar-refractivity contribution in [3.8, 4) is 17.1 Å². The maximum absolute atomic E-state index is 13.0. The Balaban J connectivity index is 1.50. The predicted octanol–water partition coefficient (Wildman–Crippen LogP) is 4.19. The van der Waals surface area contributed by atoms with E-state index in [0.717, 1.165) is 5.56 Å². The van der Waals surface area contributed by atoms with Crippen LogP contribution in [0.15, 0.2) is 71.1 Å². The first-order chi connectivity index (χ1) is 14.9. The molecule has 6 nitrogen and oxygen atoms in total. The zero-order chi connectivity index (χ0) is 21.8. The van der Waals surface area contributed by atoms with Crippen LogP contribution in [0.25, 0.3) is 11.3 Å². The number of furan rings is 1. The van der Waals surface area contributed by atoms with E-state index in [0.29, 0.717) is 28.7 Å². The second-order valence-electron chi connectivity index (χ2n) is 7.45. The molecule has 1 amide bonds. The number of hydrogen-bond acceptors (Lipinski definition) is 5. The zero-order valence-electron chi connectivity index (χ0n) is 16.7. The molecule has 1 fully saturated rings. The van der Waals surface area contributed by atoms with Crippen LogP contribution in [0.1, 0.15) is 12.2 Å². The van der Waals surface area contributed by atoms with Crippen molar-refractivity contribution in [3.63, 3.8) is 0 Å². The summed E-state index contributed by atoms with van der Waals surface area (Å²) in [7, 11) is -3.15. The van der Waals surface area contributed by atoms with Gasteiger partial charge in [-0.25, -0.2) is 8.42 Å². The van der Waals surface area contributed by atoms with Crippen molar-refractivity contribution < 1.29 is 22.4 Å². The minimum atomic E-state index is -3.15. The highest BCUT2D eigenvalue weighted by Crippen LogP contribution is 2.26. The van der Waals surface area contributed by atoms with Crippen molar-refractivity contribution in [3.05, 3.63) is 77.5 Å². The summed E-state index contributed by atoms with van der Waals surface area (Å²) in [5.41, 5.74) is 0.865. The lowest BCUT2D eigenvalue weighted by Gasteiger charge is -2.27. The van der Waals surface area contributed by atoms with Crippen molar-refractivity contribution >= 4 is 27.3 Å². The fourth-order valence-corrected chi connectivity index (χ4v) is 5.44. The minimum Gasteiger partial charge on any atom is -0.484 e. The highest BCUT2D eigenvalue weighted by atomic mass is 35.5. The summed E-state index contributed by atoms with van der Waals surface area (Å²) < 4.78 is 35.6. The lowest BCUT2D eigenvalue weighted by molar-refractivity contribution is -0.136. The minimum absolute atomic E-state index is 0.0468. The molecular weight excluding hydrogens is 438 g/mol. The highest BCUT2D eigenvalue weighted by molar-refractivity contribution is 7.91. The van der Waals surface area contributed by atoms with Gasteiger partial charge in [-0.2, -0.15) is 0 Å². The average Bonchev–Trinajstić information content (AvgIpc) is 3.37. The summed E-state index contributed by atoms with van der Waals surface area (Å²) in [6.07, 6.45) is 0.407. The van der Waals surface area contributed by atoms with E-state index in [1.807, 2.05) is 36.4 Å². The van der Waals surface area contributed by atoms with Gasteiger partial charge in [0.15, 0.2) is 16.4 Å². The maximum Gasteiger partial charge on any atom is 0.261 e. The van der Waals surface area contributed by atoms with Crippen LogP contribution in [-0.2, 0) is 21.2 Å². The van der Waals surface area contributed by atoms with Gasteiger partial charge >= 0.3 is 0 Å². The number of hydrogen-bond donors (Lipinski definition) is 0. The Labute approximate surface area is 186 Å². The Bertz CT molecular complexity index is 1140. The first-order valence-corrected chi connectivity index (χ1v) is 12.1. The van der Waals surface area contributed by atoms with Gasteiger partial charge in [0.25, 0.3) is 5.91 Å². The molecule has 31 heavy (non-hydrogen) atoms. The van der Waals surface area contributed by atoms with Crippen LogP contribution in [0.3, 0.4) is 0 Å². The molecule has 0 unspecified atom stereocenters. The normalized spacial score (nSPS) is 17.4. The molecular formula is C23H22ClNO5S. The van der Waals surface area contributed by atoms with Crippen molar-refractivity contribution in [2.75, 3.05) is 18.1 Å². The summed E-state index contributed by atoms with van der Waals surface area (Å²) in [6, 6.07) is 19.5. The Morgan fingerprint density at radius 1 is 1.06 bits per heavy atom. The Kier molecular flexibility index (Phi) is 6.34. The summed E-state index contributed by atoms with van der Waals surface area (Å²) >= 11 is 5.94. The number of para-hydroxylation sites is 1. The number of benzene rings is 2. The van der Waals surface area contributed by atoms with Crippen LogP contribution in [0.2, 0.25) is 5.02 Å². The molecule has 0 spiro atoms. The van der Waals surface area contributed by atoms with Gasteiger partial charge in [0, 0.05) is 16.6 Å². The lowest BCUT2D eigenvalue weighted by Crippen LogP contribution is -2.43. The van der Waals surface area contributed by atoms with Gasteiger partial charge in [-0.3, -0.25) is 4.79 Å². The van der Waals surface area contributed by atoms with Crippen LogP contribution in [0, 0.1) is 0 Å². The summed E-state index contributed by atoms with van der Waals surface area (Å²) in [5, 5.41) is 0.633. The number of halogens is 1. The van der Waals surface area contributed by atoms with E-state index in [1.165, 1.54) is 0 Å². The number of carbonyl (C=O) groups is 1. The molecule has 1 aliphatic heterocycles. The van der Waals surface area contributed by atoms with Crippen molar-refractivity contribution in [2.45, 2.75) is 19.0 Å². The second kappa shape index (κ2) is 9.16. The molecule has 0 aliphatic carbocycles. The van der Waals surface area contributed by atoms with Gasteiger partial charge in [-0.15, -0.1) is 0 Å². The van der Waals surface area contributed by atoms with E-state index in [2.05, 4.69) is 0 Å².